The summed E-state index contributed by atoms with van der Waals surface area (Å²) in [6, 6.07) is 0. The summed E-state index contributed by atoms with van der Waals surface area (Å²) in [5.74, 6) is 0. The number of aliphatic hydroxyl groups is 2. The molecule has 0 aromatic carbocycles. The minimum atomic E-state index is -0.226. The normalized spacial score (nSPS) is 43.5. The molecule has 0 radical (unpaired) electrons. The van der Waals surface area contributed by atoms with E-state index in [1.54, 1.807) is 0 Å². The molecule has 0 saturated carbocycles. The molecule has 2 aliphatic rings. The lowest BCUT2D eigenvalue weighted by molar-refractivity contribution is -0.0182. The van der Waals surface area contributed by atoms with Crippen molar-refractivity contribution in [1.29, 1.82) is 0 Å². The highest BCUT2D eigenvalue weighted by Crippen LogP contribution is 2.52. The van der Waals surface area contributed by atoms with Gasteiger partial charge in [0.2, 0.25) is 0 Å². The van der Waals surface area contributed by atoms with Crippen LogP contribution in [0.2, 0.25) is 0 Å². The Hall–Kier alpha value is -0.380. The molecule has 74 valence electrons. The standard InChI is InChI=1S/C10H16O3/c11-5-9-3-1-2-4-10(9,6-12)8-13-7-9/h1-2,11-12H,3-8H2. The van der Waals surface area contributed by atoms with Crippen molar-refractivity contribution in [3.05, 3.63) is 12.2 Å². The van der Waals surface area contributed by atoms with Crippen LogP contribution in [0.1, 0.15) is 12.8 Å². The van der Waals surface area contributed by atoms with E-state index in [4.69, 9.17) is 4.74 Å². The summed E-state index contributed by atoms with van der Waals surface area (Å²) >= 11 is 0. The molecule has 0 amide bonds. The first-order chi connectivity index (χ1) is 6.29. The maximum absolute atomic E-state index is 9.42. The monoisotopic (exact) mass is 184 g/mol. The number of hydrogen-bond donors (Lipinski definition) is 2. The third-order valence-corrected chi connectivity index (χ3v) is 3.67. The van der Waals surface area contributed by atoms with Crippen molar-refractivity contribution in [1.82, 2.24) is 0 Å². The minimum absolute atomic E-state index is 0.109. The molecule has 0 aromatic heterocycles. The Morgan fingerprint density at radius 1 is 1.00 bits per heavy atom. The molecule has 1 aliphatic carbocycles. The number of hydrogen-bond acceptors (Lipinski definition) is 3. The van der Waals surface area contributed by atoms with E-state index >= 15 is 0 Å². The maximum Gasteiger partial charge on any atom is 0.0554 e. The van der Waals surface area contributed by atoms with E-state index in [2.05, 4.69) is 12.2 Å². The topological polar surface area (TPSA) is 49.7 Å². The van der Waals surface area contributed by atoms with E-state index < -0.39 is 0 Å². The first-order valence-corrected chi connectivity index (χ1v) is 4.73. The zero-order chi connectivity index (χ0) is 9.36. The summed E-state index contributed by atoms with van der Waals surface area (Å²) < 4.78 is 5.42. The molecule has 1 heterocycles. The summed E-state index contributed by atoms with van der Waals surface area (Å²) in [4.78, 5) is 0. The van der Waals surface area contributed by atoms with Crippen LogP contribution in [0.15, 0.2) is 12.2 Å². The van der Waals surface area contributed by atoms with E-state index in [0.29, 0.717) is 13.2 Å². The number of rotatable bonds is 2. The Labute approximate surface area is 78.0 Å². The summed E-state index contributed by atoms with van der Waals surface area (Å²) in [5.41, 5.74) is -0.451. The van der Waals surface area contributed by atoms with Gasteiger partial charge in [-0.2, -0.15) is 0 Å². The Morgan fingerprint density at radius 3 is 1.85 bits per heavy atom. The molecule has 2 rings (SSSR count). The lowest BCUT2D eigenvalue weighted by atomic mass is 9.60. The van der Waals surface area contributed by atoms with Gasteiger partial charge in [0.25, 0.3) is 0 Å². The van der Waals surface area contributed by atoms with Crippen LogP contribution >= 0.6 is 0 Å². The molecular weight excluding hydrogens is 168 g/mol. The van der Waals surface area contributed by atoms with E-state index in [1.807, 2.05) is 0 Å². The van der Waals surface area contributed by atoms with E-state index in [1.165, 1.54) is 0 Å². The predicted octanol–water partition coefficient (Wildman–Crippen LogP) is 0.324. The fraction of sp³-hybridized carbons (Fsp3) is 0.800. The van der Waals surface area contributed by atoms with Gasteiger partial charge in [0.05, 0.1) is 26.4 Å². The van der Waals surface area contributed by atoms with Gasteiger partial charge < -0.3 is 14.9 Å². The zero-order valence-corrected chi connectivity index (χ0v) is 7.70. The van der Waals surface area contributed by atoms with Crippen molar-refractivity contribution in [2.24, 2.45) is 10.8 Å². The van der Waals surface area contributed by atoms with Crippen molar-refractivity contribution < 1.29 is 14.9 Å². The van der Waals surface area contributed by atoms with Gasteiger partial charge in [-0.1, -0.05) is 12.2 Å². The van der Waals surface area contributed by atoms with E-state index in [0.717, 1.165) is 12.8 Å². The van der Waals surface area contributed by atoms with Crippen LogP contribution < -0.4 is 0 Å². The maximum atomic E-state index is 9.42. The lowest BCUT2D eigenvalue weighted by Crippen LogP contribution is -2.47. The van der Waals surface area contributed by atoms with Gasteiger partial charge in [-0.25, -0.2) is 0 Å². The van der Waals surface area contributed by atoms with Gasteiger partial charge >= 0.3 is 0 Å². The average Bonchev–Trinajstić information content (AvgIpc) is 2.58. The molecule has 0 bridgehead atoms. The predicted molar refractivity (Wildman–Crippen MR) is 48.2 cm³/mol. The molecule has 0 aromatic rings. The molecule has 1 aliphatic heterocycles. The van der Waals surface area contributed by atoms with Crippen LogP contribution in [-0.2, 0) is 4.74 Å². The second kappa shape index (κ2) is 3.08. The first-order valence-electron chi connectivity index (χ1n) is 4.73. The molecule has 1 fully saturated rings. The van der Waals surface area contributed by atoms with Gasteiger partial charge in [0.15, 0.2) is 0 Å². The van der Waals surface area contributed by atoms with E-state index in [9.17, 15) is 10.2 Å². The summed E-state index contributed by atoms with van der Waals surface area (Å²) in [5, 5.41) is 18.8. The molecule has 2 unspecified atom stereocenters. The summed E-state index contributed by atoms with van der Waals surface area (Å²) in [6.07, 6.45) is 5.81. The fourth-order valence-corrected chi connectivity index (χ4v) is 2.47. The zero-order valence-electron chi connectivity index (χ0n) is 7.70. The minimum Gasteiger partial charge on any atom is -0.396 e. The number of fused-ring (bicyclic) bond motifs is 1. The molecular formula is C10H16O3. The Morgan fingerprint density at radius 2 is 1.46 bits per heavy atom. The highest BCUT2D eigenvalue weighted by Gasteiger charge is 2.55. The van der Waals surface area contributed by atoms with Crippen molar-refractivity contribution in [2.75, 3.05) is 26.4 Å². The molecule has 2 atom stereocenters. The average molecular weight is 184 g/mol. The third-order valence-electron chi connectivity index (χ3n) is 3.67. The summed E-state index contributed by atoms with van der Waals surface area (Å²) in [6.45, 7) is 1.37. The van der Waals surface area contributed by atoms with Crippen LogP contribution in [0.25, 0.3) is 0 Å². The van der Waals surface area contributed by atoms with Crippen LogP contribution in [-0.4, -0.2) is 36.6 Å². The van der Waals surface area contributed by atoms with Gasteiger partial charge in [-0.3, -0.25) is 0 Å². The van der Waals surface area contributed by atoms with Crippen LogP contribution in [0, 0.1) is 10.8 Å². The van der Waals surface area contributed by atoms with Crippen molar-refractivity contribution >= 4 is 0 Å². The smallest absolute Gasteiger partial charge is 0.0554 e. The molecule has 3 heteroatoms. The molecule has 13 heavy (non-hydrogen) atoms. The second-order valence-electron chi connectivity index (χ2n) is 4.25. The Kier molecular flexibility index (Phi) is 2.18. The highest BCUT2D eigenvalue weighted by molar-refractivity contribution is 5.12. The third kappa shape index (κ3) is 1.08. The Balaban J connectivity index is 2.34. The Bertz CT molecular complexity index is 204. The second-order valence-corrected chi connectivity index (χ2v) is 4.25. The van der Waals surface area contributed by atoms with Crippen molar-refractivity contribution in [3.63, 3.8) is 0 Å². The molecule has 2 N–H and O–H groups in total. The quantitative estimate of drug-likeness (QED) is 0.608. The van der Waals surface area contributed by atoms with Crippen molar-refractivity contribution in [2.45, 2.75) is 12.8 Å². The van der Waals surface area contributed by atoms with Crippen LogP contribution in [0.3, 0.4) is 0 Å². The molecule has 1 saturated heterocycles. The summed E-state index contributed by atoms with van der Waals surface area (Å²) in [7, 11) is 0. The first kappa shape index (κ1) is 9.19. The molecule has 3 nitrogen and oxygen atoms in total. The lowest BCUT2D eigenvalue weighted by Gasteiger charge is -2.43. The fourth-order valence-electron chi connectivity index (χ4n) is 2.47. The van der Waals surface area contributed by atoms with Gasteiger partial charge in [0.1, 0.15) is 0 Å². The number of ether oxygens (including phenoxy) is 1. The number of aliphatic hydroxyl groups excluding tert-OH is 2. The van der Waals surface area contributed by atoms with Gasteiger partial charge in [-0.15, -0.1) is 0 Å². The van der Waals surface area contributed by atoms with Crippen LogP contribution in [0.5, 0.6) is 0 Å². The molecule has 0 spiro atoms. The largest absolute Gasteiger partial charge is 0.396 e. The SMILES string of the molecule is OCC12CC=CCC1(CO)COC2. The van der Waals surface area contributed by atoms with Crippen molar-refractivity contribution in [3.8, 4) is 0 Å². The van der Waals surface area contributed by atoms with E-state index in [-0.39, 0.29) is 24.0 Å². The van der Waals surface area contributed by atoms with Gasteiger partial charge in [-0.05, 0) is 12.8 Å². The van der Waals surface area contributed by atoms with Gasteiger partial charge in [0, 0.05) is 10.8 Å². The van der Waals surface area contributed by atoms with Crippen LogP contribution in [0.4, 0.5) is 0 Å². The highest BCUT2D eigenvalue weighted by atomic mass is 16.5. The number of allylic oxidation sites excluding steroid dienone is 2.